The lowest BCUT2D eigenvalue weighted by Crippen LogP contribution is -2.25. The van der Waals surface area contributed by atoms with Crippen LogP contribution in [0.15, 0.2) is 36.7 Å². The van der Waals surface area contributed by atoms with Crippen LogP contribution in [-0.4, -0.2) is 39.7 Å². The Hall–Kier alpha value is -2.17. The number of benzene rings is 1. The van der Waals surface area contributed by atoms with Crippen LogP contribution in [0.4, 0.5) is 0 Å². The highest BCUT2D eigenvalue weighted by atomic mass is 16.3. The zero-order chi connectivity index (χ0) is 18.5. The molecular weight excluding hydrogens is 334 g/mol. The number of nitrogens with zero attached hydrogens (tertiary/aromatic N) is 3. The number of rotatable bonds is 2. The van der Waals surface area contributed by atoms with Gasteiger partial charge in [0.2, 0.25) is 0 Å². The smallest absolute Gasteiger partial charge is 0.101 e. The summed E-state index contributed by atoms with van der Waals surface area (Å²) in [6, 6.07) is 8.70. The van der Waals surface area contributed by atoms with Gasteiger partial charge in [-0.15, -0.1) is 0 Å². The predicted molar refractivity (Wildman–Crippen MR) is 108 cm³/mol. The van der Waals surface area contributed by atoms with Crippen molar-refractivity contribution in [2.45, 2.75) is 44.8 Å². The molecule has 2 aliphatic heterocycles. The number of likely N-dealkylation sites (N-methyl/N-ethyl adjacent to an activating group) is 1. The van der Waals surface area contributed by atoms with E-state index in [1.54, 1.807) is 6.20 Å². The third-order valence-corrected chi connectivity index (χ3v) is 6.44. The molecule has 0 bridgehead atoms. The molecule has 0 radical (unpaired) electrons. The zero-order valence-corrected chi connectivity index (χ0v) is 16.2. The number of aromatic nitrogens is 2. The van der Waals surface area contributed by atoms with Crippen LogP contribution in [0.25, 0.3) is 10.9 Å². The summed E-state index contributed by atoms with van der Waals surface area (Å²) in [5, 5.41) is 12.7. The summed E-state index contributed by atoms with van der Waals surface area (Å²) >= 11 is 0. The first-order chi connectivity index (χ1) is 13.1. The molecule has 2 aromatic heterocycles. The van der Waals surface area contributed by atoms with Gasteiger partial charge in [0.1, 0.15) is 6.10 Å². The maximum atomic E-state index is 11.2. The molecule has 2 aliphatic rings. The van der Waals surface area contributed by atoms with Crippen LogP contribution >= 0.6 is 0 Å². The predicted octanol–water partition coefficient (Wildman–Crippen LogP) is 3.60. The minimum absolute atomic E-state index is 0.0825. The minimum Gasteiger partial charge on any atom is -0.386 e. The Balaban J connectivity index is 1.72. The molecule has 1 aromatic carbocycles. The van der Waals surface area contributed by atoms with Gasteiger partial charge in [0.05, 0.1) is 11.6 Å². The van der Waals surface area contributed by atoms with E-state index in [1.807, 2.05) is 18.3 Å². The van der Waals surface area contributed by atoms with Crippen LogP contribution in [0.2, 0.25) is 0 Å². The molecule has 4 heteroatoms. The van der Waals surface area contributed by atoms with Crippen molar-refractivity contribution in [1.29, 1.82) is 0 Å². The highest BCUT2D eigenvalue weighted by molar-refractivity contribution is 5.90. The first-order valence-electron chi connectivity index (χ1n) is 10.0. The fourth-order valence-corrected chi connectivity index (χ4v) is 5.13. The van der Waals surface area contributed by atoms with Crippen molar-refractivity contribution in [2.75, 3.05) is 20.1 Å². The molecule has 0 aliphatic carbocycles. The average Bonchev–Trinajstić information content (AvgIpc) is 2.85. The van der Waals surface area contributed by atoms with E-state index in [4.69, 9.17) is 0 Å². The summed E-state index contributed by atoms with van der Waals surface area (Å²) < 4.78 is 2.50. The van der Waals surface area contributed by atoms with Crippen LogP contribution in [0.3, 0.4) is 0 Å². The molecule has 0 saturated heterocycles. The molecule has 27 heavy (non-hydrogen) atoms. The molecule has 2 atom stereocenters. The van der Waals surface area contributed by atoms with Gasteiger partial charge in [-0.3, -0.25) is 4.98 Å². The van der Waals surface area contributed by atoms with E-state index in [1.165, 1.54) is 33.3 Å². The molecule has 0 spiro atoms. The monoisotopic (exact) mass is 361 g/mol. The van der Waals surface area contributed by atoms with Gasteiger partial charge in [0, 0.05) is 48.5 Å². The molecule has 2 unspecified atom stereocenters. The molecule has 0 fully saturated rings. The number of fused-ring (bicyclic) bond motifs is 3. The van der Waals surface area contributed by atoms with Crippen LogP contribution in [-0.2, 0) is 19.3 Å². The first-order valence-corrected chi connectivity index (χ1v) is 10.0. The first kappa shape index (κ1) is 17.0. The molecule has 0 saturated carbocycles. The van der Waals surface area contributed by atoms with E-state index in [2.05, 4.69) is 40.6 Å². The van der Waals surface area contributed by atoms with Gasteiger partial charge in [-0.1, -0.05) is 17.7 Å². The lowest BCUT2D eigenvalue weighted by atomic mass is 9.91. The molecular formula is C23H27N3O. The number of aliphatic hydroxyl groups excluding tert-OH is 1. The SMILES string of the molecule is Cc1cc2c3c(c1)c1c(n3C(C(O)c3cccnc3)CC2)CCN(C)CC1. The number of aliphatic hydroxyl groups is 1. The second-order valence-corrected chi connectivity index (χ2v) is 8.26. The second-order valence-electron chi connectivity index (χ2n) is 8.26. The highest BCUT2D eigenvalue weighted by Crippen LogP contribution is 2.43. The van der Waals surface area contributed by atoms with Gasteiger partial charge >= 0.3 is 0 Å². The van der Waals surface area contributed by atoms with Gasteiger partial charge in [0.25, 0.3) is 0 Å². The summed E-state index contributed by atoms with van der Waals surface area (Å²) in [5.41, 5.74) is 8.02. The Morgan fingerprint density at radius 1 is 1.19 bits per heavy atom. The molecule has 140 valence electrons. The Morgan fingerprint density at radius 3 is 2.85 bits per heavy atom. The van der Waals surface area contributed by atoms with Crippen molar-refractivity contribution < 1.29 is 5.11 Å². The van der Waals surface area contributed by atoms with Gasteiger partial charge in [-0.2, -0.15) is 0 Å². The van der Waals surface area contributed by atoms with Crippen LogP contribution in [0.5, 0.6) is 0 Å². The Kier molecular flexibility index (Phi) is 4.06. The largest absolute Gasteiger partial charge is 0.386 e. The summed E-state index contributed by atoms with van der Waals surface area (Å²) in [5.74, 6) is 0. The third-order valence-electron chi connectivity index (χ3n) is 6.44. The molecule has 5 rings (SSSR count). The van der Waals surface area contributed by atoms with Gasteiger partial charge in [0.15, 0.2) is 0 Å². The summed E-state index contributed by atoms with van der Waals surface area (Å²) in [7, 11) is 2.21. The standard InChI is InChI=1S/C23H27N3O/c1-15-12-16-5-6-21(23(27)17-4-3-9-24-14-17)26-20-8-11-25(2)10-7-18(20)19(13-15)22(16)26/h3-4,9,12-14,21,23,27H,5-8,10-11H2,1-2H3. The third kappa shape index (κ3) is 2.70. The van der Waals surface area contributed by atoms with Crippen molar-refractivity contribution in [2.24, 2.45) is 0 Å². The van der Waals surface area contributed by atoms with E-state index in [-0.39, 0.29) is 6.04 Å². The maximum absolute atomic E-state index is 11.2. The Morgan fingerprint density at radius 2 is 2.04 bits per heavy atom. The fraction of sp³-hybridized carbons (Fsp3) is 0.435. The van der Waals surface area contributed by atoms with E-state index in [0.29, 0.717) is 0 Å². The zero-order valence-electron chi connectivity index (χ0n) is 16.2. The molecule has 4 nitrogen and oxygen atoms in total. The molecule has 0 amide bonds. The van der Waals surface area contributed by atoms with Crippen LogP contribution < -0.4 is 0 Å². The van der Waals surface area contributed by atoms with E-state index < -0.39 is 6.10 Å². The lowest BCUT2D eigenvalue weighted by Gasteiger charge is -2.32. The number of aryl methyl sites for hydroxylation is 2. The fourth-order valence-electron chi connectivity index (χ4n) is 5.13. The van der Waals surface area contributed by atoms with Crippen LogP contribution in [0.1, 0.15) is 46.5 Å². The summed E-state index contributed by atoms with van der Waals surface area (Å²) in [6.07, 6.45) is 7.20. The maximum Gasteiger partial charge on any atom is 0.101 e. The van der Waals surface area contributed by atoms with E-state index >= 15 is 0 Å². The molecule has 3 aromatic rings. The highest BCUT2D eigenvalue weighted by Gasteiger charge is 2.33. The minimum atomic E-state index is -0.520. The number of hydrogen-bond donors (Lipinski definition) is 1. The number of pyridine rings is 1. The molecule has 1 N–H and O–H groups in total. The average molecular weight is 361 g/mol. The van der Waals surface area contributed by atoms with E-state index in [0.717, 1.165) is 44.3 Å². The van der Waals surface area contributed by atoms with Crippen molar-refractivity contribution in [3.05, 3.63) is 64.6 Å². The van der Waals surface area contributed by atoms with Gasteiger partial charge in [-0.05, 0) is 56.5 Å². The van der Waals surface area contributed by atoms with E-state index in [9.17, 15) is 5.11 Å². The van der Waals surface area contributed by atoms with Crippen molar-refractivity contribution in [1.82, 2.24) is 14.5 Å². The Bertz CT molecular complexity index is 992. The van der Waals surface area contributed by atoms with Gasteiger partial charge < -0.3 is 14.6 Å². The van der Waals surface area contributed by atoms with Gasteiger partial charge in [-0.25, -0.2) is 0 Å². The van der Waals surface area contributed by atoms with Crippen molar-refractivity contribution in [3.8, 4) is 0 Å². The topological polar surface area (TPSA) is 41.3 Å². The lowest BCUT2D eigenvalue weighted by molar-refractivity contribution is 0.106. The van der Waals surface area contributed by atoms with Crippen molar-refractivity contribution in [3.63, 3.8) is 0 Å². The molecule has 4 heterocycles. The summed E-state index contributed by atoms with van der Waals surface area (Å²) in [4.78, 5) is 6.65. The van der Waals surface area contributed by atoms with Crippen molar-refractivity contribution >= 4 is 10.9 Å². The number of hydrogen-bond acceptors (Lipinski definition) is 3. The summed E-state index contributed by atoms with van der Waals surface area (Å²) in [6.45, 7) is 4.39. The van der Waals surface area contributed by atoms with Crippen LogP contribution in [0, 0.1) is 6.92 Å². The Labute approximate surface area is 160 Å². The second kappa shape index (κ2) is 6.47. The normalized spacial score (nSPS) is 21.1. The quantitative estimate of drug-likeness (QED) is 0.758.